The monoisotopic (exact) mass is 232 g/mol. The van der Waals surface area contributed by atoms with Crippen LogP contribution in [0.25, 0.3) is 0 Å². The lowest BCUT2D eigenvalue weighted by atomic mass is 10.0. The lowest BCUT2D eigenvalue weighted by Gasteiger charge is -2.21. The fraction of sp³-hybridized carbons (Fsp3) is 0.385. The van der Waals surface area contributed by atoms with Gasteiger partial charge < -0.3 is 9.64 Å². The molecule has 1 unspecified atom stereocenters. The van der Waals surface area contributed by atoms with Crippen molar-refractivity contribution in [1.29, 1.82) is 0 Å². The molecule has 0 saturated carbocycles. The van der Waals surface area contributed by atoms with E-state index in [4.69, 9.17) is 4.74 Å². The largest absolute Gasteiger partial charge is 0.467 e. The van der Waals surface area contributed by atoms with Crippen LogP contribution in [0.1, 0.15) is 12.5 Å². The third kappa shape index (κ3) is 2.46. The number of ether oxygens (including phenoxy) is 1. The van der Waals surface area contributed by atoms with Gasteiger partial charge in [-0.05, 0) is 12.5 Å². The Bertz CT molecular complexity index is 430. The van der Waals surface area contributed by atoms with E-state index in [0.717, 1.165) is 6.54 Å². The summed E-state index contributed by atoms with van der Waals surface area (Å²) >= 11 is 0. The van der Waals surface area contributed by atoms with Gasteiger partial charge in [0.1, 0.15) is 0 Å². The summed E-state index contributed by atoms with van der Waals surface area (Å²) < 4.78 is 4.76. The second-order valence-electron chi connectivity index (χ2n) is 4.40. The molecule has 1 aromatic carbocycles. The second-order valence-corrected chi connectivity index (χ2v) is 4.40. The van der Waals surface area contributed by atoms with E-state index in [-0.39, 0.29) is 5.97 Å². The zero-order valence-corrected chi connectivity index (χ0v) is 10.1. The Labute approximate surface area is 101 Å². The summed E-state index contributed by atoms with van der Waals surface area (Å²) in [5, 5.41) is 0. The summed E-state index contributed by atoms with van der Waals surface area (Å²) in [4.78, 5) is 17.8. The summed E-state index contributed by atoms with van der Waals surface area (Å²) in [5.74, 6) is -0.288. The highest BCUT2D eigenvalue weighted by Gasteiger charge is 2.38. The molecule has 0 N–H and O–H groups in total. The molecule has 0 aliphatic carbocycles. The van der Waals surface area contributed by atoms with Crippen LogP contribution < -0.4 is 0 Å². The number of hydrogen-bond acceptors (Lipinski definition) is 4. The van der Waals surface area contributed by atoms with Gasteiger partial charge in [-0.2, -0.15) is 0 Å². The first-order valence-electron chi connectivity index (χ1n) is 5.56. The minimum atomic E-state index is -0.760. The summed E-state index contributed by atoms with van der Waals surface area (Å²) in [7, 11) is 1.39. The molecule has 0 amide bonds. The molecule has 90 valence electrons. The molecule has 0 spiro atoms. The topological polar surface area (TPSA) is 41.9 Å². The number of methoxy groups -OCH3 is 1. The van der Waals surface area contributed by atoms with E-state index in [1.54, 1.807) is 13.3 Å². The van der Waals surface area contributed by atoms with Crippen molar-refractivity contribution in [2.45, 2.75) is 19.0 Å². The van der Waals surface area contributed by atoms with E-state index < -0.39 is 5.54 Å². The van der Waals surface area contributed by atoms with E-state index >= 15 is 0 Å². The van der Waals surface area contributed by atoms with Gasteiger partial charge >= 0.3 is 5.97 Å². The average Bonchev–Trinajstić information content (AvgIpc) is 2.72. The van der Waals surface area contributed by atoms with Crippen LogP contribution in [0.3, 0.4) is 0 Å². The van der Waals surface area contributed by atoms with E-state index in [1.165, 1.54) is 12.7 Å². The normalized spacial score (nSPS) is 22.8. The summed E-state index contributed by atoms with van der Waals surface area (Å²) in [5.41, 5.74) is 0.442. The predicted octanol–water partition coefficient (Wildman–Crippen LogP) is 1.46. The van der Waals surface area contributed by atoms with Crippen LogP contribution in [0, 0.1) is 0 Å². The highest BCUT2D eigenvalue weighted by atomic mass is 16.5. The molecule has 0 saturated heterocycles. The quantitative estimate of drug-likeness (QED) is 0.741. The number of nitrogens with zero attached hydrogens (tertiary/aromatic N) is 2. The standard InChI is InChI=1S/C13H16N2O2/c1-13(12(16)17-2)9-15(10-14-13)8-11-6-4-3-5-7-11/h3-7,10H,8-9H2,1-2H3. The van der Waals surface area contributed by atoms with Crippen LogP contribution in [0.4, 0.5) is 0 Å². The van der Waals surface area contributed by atoms with Crippen LogP contribution in [0.15, 0.2) is 35.3 Å². The van der Waals surface area contributed by atoms with Gasteiger partial charge in [0.2, 0.25) is 0 Å². The number of esters is 1. The number of aliphatic imine (C=N–C) groups is 1. The zero-order valence-electron chi connectivity index (χ0n) is 10.1. The summed E-state index contributed by atoms with van der Waals surface area (Å²) in [6.07, 6.45) is 1.73. The van der Waals surface area contributed by atoms with Gasteiger partial charge in [-0.25, -0.2) is 4.79 Å². The van der Waals surface area contributed by atoms with Crippen LogP contribution in [-0.4, -0.2) is 36.4 Å². The fourth-order valence-electron chi connectivity index (χ4n) is 1.94. The molecule has 0 radical (unpaired) electrons. The van der Waals surface area contributed by atoms with Crippen molar-refractivity contribution < 1.29 is 9.53 Å². The first-order chi connectivity index (χ1) is 8.14. The van der Waals surface area contributed by atoms with Crippen molar-refractivity contribution in [1.82, 2.24) is 4.90 Å². The van der Waals surface area contributed by atoms with Gasteiger partial charge in [0.05, 0.1) is 20.0 Å². The third-order valence-electron chi connectivity index (χ3n) is 2.87. The number of hydrogen-bond donors (Lipinski definition) is 0. The van der Waals surface area contributed by atoms with Crippen LogP contribution >= 0.6 is 0 Å². The molecule has 17 heavy (non-hydrogen) atoms. The van der Waals surface area contributed by atoms with Crippen molar-refractivity contribution in [3.63, 3.8) is 0 Å². The SMILES string of the molecule is COC(=O)C1(C)CN(Cc2ccccc2)C=N1. The smallest absolute Gasteiger partial charge is 0.335 e. The summed E-state index contributed by atoms with van der Waals surface area (Å²) in [6, 6.07) is 10.1. The van der Waals surface area contributed by atoms with Crippen LogP contribution in [0.2, 0.25) is 0 Å². The minimum Gasteiger partial charge on any atom is -0.467 e. The third-order valence-corrected chi connectivity index (χ3v) is 2.87. The van der Waals surface area contributed by atoms with Crippen molar-refractivity contribution in [3.8, 4) is 0 Å². The number of rotatable bonds is 3. The van der Waals surface area contributed by atoms with Gasteiger partial charge in [0.15, 0.2) is 5.54 Å². The van der Waals surface area contributed by atoms with Gasteiger partial charge in [0.25, 0.3) is 0 Å². The molecule has 1 aromatic rings. The second kappa shape index (κ2) is 4.57. The van der Waals surface area contributed by atoms with Crippen molar-refractivity contribution in [3.05, 3.63) is 35.9 Å². The van der Waals surface area contributed by atoms with Crippen molar-refractivity contribution in [2.75, 3.05) is 13.7 Å². The van der Waals surface area contributed by atoms with Gasteiger partial charge in [-0.3, -0.25) is 4.99 Å². The first-order valence-corrected chi connectivity index (χ1v) is 5.56. The number of carbonyl (C=O) groups is 1. The Hall–Kier alpha value is -1.84. The molecule has 1 heterocycles. The number of benzene rings is 1. The maximum absolute atomic E-state index is 11.6. The van der Waals surface area contributed by atoms with Gasteiger partial charge in [0, 0.05) is 6.54 Å². The van der Waals surface area contributed by atoms with Crippen LogP contribution in [-0.2, 0) is 16.1 Å². The molecule has 1 atom stereocenters. The van der Waals surface area contributed by atoms with Gasteiger partial charge in [-0.15, -0.1) is 0 Å². The Morgan fingerprint density at radius 1 is 1.47 bits per heavy atom. The Morgan fingerprint density at radius 3 is 2.82 bits per heavy atom. The average molecular weight is 232 g/mol. The van der Waals surface area contributed by atoms with Crippen LogP contribution in [0.5, 0.6) is 0 Å². The van der Waals surface area contributed by atoms with Crippen molar-refractivity contribution in [2.24, 2.45) is 4.99 Å². The van der Waals surface area contributed by atoms with Crippen molar-refractivity contribution >= 4 is 12.3 Å². The highest BCUT2D eigenvalue weighted by Crippen LogP contribution is 2.20. The predicted molar refractivity (Wildman–Crippen MR) is 65.8 cm³/mol. The van der Waals surface area contributed by atoms with Gasteiger partial charge in [-0.1, -0.05) is 30.3 Å². The molecule has 0 bridgehead atoms. The Kier molecular flexibility index (Phi) is 3.13. The lowest BCUT2D eigenvalue weighted by molar-refractivity contribution is -0.146. The zero-order chi connectivity index (χ0) is 12.3. The molecule has 0 fully saturated rings. The fourth-order valence-corrected chi connectivity index (χ4v) is 1.94. The maximum atomic E-state index is 11.6. The van der Waals surface area contributed by atoms with E-state index in [0.29, 0.717) is 6.54 Å². The summed E-state index contributed by atoms with van der Waals surface area (Å²) in [6.45, 7) is 3.12. The molecule has 1 aliphatic heterocycles. The minimum absolute atomic E-state index is 0.288. The molecule has 4 nitrogen and oxygen atoms in total. The van der Waals surface area contributed by atoms with E-state index in [2.05, 4.69) is 17.1 Å². The van der Waals surface area contributed by atoms with E-state index in [9.17, 15) is 4.79 Å². The Morgan fingerprint density at radius 2 is 2.18 bits per heavy atom. The molecule has 1 aliphatic rings. The molecule has 4 heteroatoms. The molecular weight excluding hydrogens is 216 g/mol. The molecule has 2 rings (SSSR count). The molecular formula is C13H16N2O2. The highest BCUT2D eigenvalue weighted by molar-refractivity contribution is 5.84. The Balaban J connectivity index is 2.00. The first kappa shape index (κ1) is 11.6. The van der Waals surface area contributed by atoms with E-state index in [1.807, 2.05) is 23.1 Å². The maximum Gasteiger partial charge on any atom is 0.335 e. The molecule has 0 aromatic heterocycles. The lowest BCUT2D eigenvalue weighted by Crippen LogP contribution is -2.39. The number of carbonyl (C=O) groups excluding carboxylic acids is 1.